The average Bonchev–Trinajstić information content (AvgIpc) is 3.22. The first-order chi connectivity index (χ1) is 14.0. The summed E-state index contributed by atoms with van der Waals surface area (Å²) in [4.78, 5) is 31.5. The highest BCUT2D eigenvalue weighted by molar-refractivity contribution is 8.26. The van der Waals surface area contributed by atoms with Gasteiger partial charge >= 0.3 is 0 Å². The van der Waals surface area contributed by atoms with Gasteiger partial charge in [0, 0.05) is 13.0 Å². The van der Waals surface area contributed by atoms with Gasteiger partial charge in [-0.2, -0.15) is 0 Å². The van der Waals surface area contributed by atoms with Crippen molar-refractivity contribution in [3.05, 3.63) is 70.0 Å². The topological polar surface area (TPSA) is 61.8 Å². The number of allylic oxidation sites excluding steroid dienone is 1. The van der Waals surface area contributed by atoms with Crippen LogP contribution in [0.25, 0.3) is 6.08 Å². The zero-order valence-corrected chi connectivity index (χ0v) is 18.0. The minimum atomic E-state index is -0.191. The number of fused-ring (bicyclic) bond motifs is 1. The fraction of sp³-hybridized carbons (Fsp3) is 0.190. The van der Waals surface area contributed by atoms with Gasteiger partial charge in [-0.05, 0) is 36.8 Å². The molecule has 0 radical (unpaired) electrons. The van der Waals surface area contributed by atoms with E-state index in [9.17, 15) is 9.59 Å². The summed E-state index contributed by atoms with van der Waals surface area (Å²) in [7, 11) is 0. The van der Waals surface area contributed by atoms with Gasteiger partial charge < -0.3 is 5.32 Å². The summed E-state index contributed by atoms with van der Waals surface area (Å²) in [5.74, 6) is -0.350. The maximum atomic E-state index is 12.7. The molecule has 2 amide bonds. The van der Waals surface area contributed by atoms with Gasteiger partial charge in [0.25, 0.3) is 5.91 Å². The number of nitrogens with one attached hydrogen (secondary N) is 1. The van der Waals surface area contributed by atoms with Crippen molar-refractivity contribution < 1.29 is 9.59 Å². The number of rotatable bonds is 4. The smallest absolute Gasteiger partial charge is 0.266 e. The van der Waals surface area contributed by atoms with Crippen molar-refractivity contribution in [1.82, 2.24) is 10.2 Å². The third-order valence-electron chi connectivity index (χ3n) is 4.42. The molecule has 0 saturated carbocycles. The number of carbonyl (C=O) groups excluding carboxylic acids is 2. The van der Waals surface area contributed by atoms with E-state index in [1.165, 1.54) is 28.4 Å². The van der Waals surface area contributed by atoms with Crippen LogP contribution in [-0.4, -0.2) is 38.0 Å². The Labute approximate surface area is 182 Å². The van der Waals surface area contributed by atoms with Gasteiger partial charge in [0.05, 0.1) is 15.9 Å². The van der Waals surface area contributed by atoms with Crippen LogP contribution in [0.3, 0.4) is 0 Å². The second kappa shape index (κ2) is 8.55. The summed E-state index contributed by atoms with van der Waals surface area (Å²) < 4.78 is 0.473. The highest BCUT2D eigenvalue weighted by Gasteiger charge is 2.32. The summed E-state index contributed by atoms with van der Waals surface area (Å²) in [5.41, 5.74) is 6.04. The van der Waals surface area contributed by atoms with Crippen molar-refractivity contribution in [2.75, 3.05) is 6.54 Å². The molecule has 5 nitrogen and oxygen atoms in total. The first-order valence-electron chi connectivity index (χ1n) is 8.99. The maximum absolute atomic E-state index is 12.7. The molecule has 2 aliphatic heterocycles. The van der Waals surface area contributed by atoms with Gasteiger partial charge in [0.2, 0.25) is 5.91 Å². The highest BCUT2D eigenvalue weighted by Crippen LogP contribution is 2.33. The number of nitrogens with zero attached hydrogens (tertiary/aromatic N) is 2. The lowest BCUT2D eigenvalue weighted by molar-refractivity contribution is -0.123. The molecular weight excluding hydrogens is 422 g/mol. The number of amides is 2. The normalized spacial score (nSPS) is 21.5. The Morgan fingerprint density at radius 3 is 2.93 bits per heavy atom. The van der Waals surface area contributed by atoms with Crippen molar-refractivity contribution >= 4 is 63.1 Å². The Morgan fingerprint density at radius 2 is 2.17 bits per heavy atom. The van der Waals surface area contributed by atoms with E-state index in [4.69, 9.17) is 12.2 Å². The Morgan fingerprint density at radius 1 is 1.38 bits per heavy atom. The van der Waals surface area contributed by atoms with Crippen LogP contribution in [0.15, 0.2) is 63.8 Å². The Kier molecular flexibility index (Phi) is 5.87. The number of hydrogen-bond donors (Lipinski definition) is 1. The molecule has 0 spiro atoms. The van der Waals surface area contributed by atoms with E-state index in [0.717, 1.165) is 16.8 Å². The monoisotopic (exact) mass is 439 g/mol. The van der Waals surface area contributed by atoms with Crippen LogP contribution >= 0.6 is 35.7 Å². The fourth-order valence-electron chi connectivity index (χ4n) is 2.88. The highest BCUT2D eigenvalue weighted by atomic mass is 32.2. The van der Waals surface area contributed by atoms with Crippen LogP contribution in [0.4, 0.5) is 0 Å². The van der Waals surface area contributed by atoms with E-state index in [1.807, 2.05) is 49.4 Å². The SMILES string of the molecule is Cc1ccc(/C=C2\SC(=S)N(CCC(=O)NC3=NC4=CC=C=C[C@@H]4S3)C2=O)cc1. The number of benzene rings is 1. The molecule has 4 rings (SSSR count). The van der Waals surface area contributed by atoms with Gasteiger partial charge in [-0.1, -0.05) is 65.6 Å². The molecule has 0 aromatic heterocycles. The van der Waals surface area contributed by atoms with E-state index >= 15 is 0 Å². The Hall–Kier alpha value is -2.38. The van der Waals surface area contributed by atoms with Gasteiger partial charge in [0.15, 0.2) is 5.17 Å². The molecule has 1 aromatic rings. The number of amidine groups is 1. The molecule has 3 aliphatic rings. The number of thioether (sulfide) groups is 2. The predicted molar refractivity (Wildman–Crippen MR) is 123 cm³/mol. The third kappa shape index (κ3) is 4.62. The predicted octanol–water partition coefficient (Wildman–Crippen LogP) is 3.78. The number of thiocarbonyl (C=S) groups is 1. The number of hydrogen-bond acceptors (Lipinski definition) is 6. The zero-order valence-electron chi connectivity index (χ0n) is 15.5. The molecular formula is C21H17N3O2S3. The van der Waals surface area contributed by atoms with Crippen LogP contribution < -0.4 is 5.32 Å². The van der Waals surface area contributed by atoms with Crippen LogP contribution in [0, 0.1) is 6.92 Å². The van der Waals surface area contributed by atoms with Crippen molar-refractivity contribution in [3.63, 3.8) is 0 Å². The zero-order chi connectivity index (χ0) is 20.4. The summed E-state index contributed by atoms with van der Waals surface area (Å²) >= 11 is 8.09. The molecule has 1 N–H and O–H groups in total. The summed E-state index contributed by atoms with van der Waals surface area (Å²) in [6.45, 7) is 2.26. The van der Waals surface area contributed by atoms with Gasteiger partial charge in [-0.3, -0.25) is 14.5 Å². The van der Waals surface area contributed by atoms with Gasteiger partial charge in [-0.25, -0.2) is 4.99 Å². The molecule has 0 unspecified atom stereocenters. The largest absolute Gasteiger partial charge is 0.305 e. The fourth-order valence-corrected chi connectivity index (χ4v) is 5.15. The van der Waals surface area contributed by atoms with Gasteiger partial charge in [0.1, 0.15) is 4.32 Å². The van der Waals surface area contributed by atoms with Gasteiger partial charge in [-0.15, -0.1) is 5.73 Å². The van der Waals surface area contributed by atoms with Crippen LogP contribution in [0.2, 0.25) is 0 Å². The van der Waals surface area contributed by atoms with Crippen molar-refractivity contribution in [1.29, 1.82) is 0 Å². The molecule has 8 heteroatoms. The maximum Gasteiger partial charge on any atom is 0.266 e. The lowest BCUT2D eigenvalue weighted by atomic mass is 10.1. The quantitative estimate of drug-likeness (QED) is 0.439. The third-order valence-corrected chi connectivity index (χ3v) is 6.84. The van der Waals surface area contributed by atoms with E-state index in [0.29, 0.717) is 14.4 Å². The molecule has 29 heavy (non-hydrogen) atoms. The van der Waals surface area contributed by atoms with E-state index in [2.05, 4.69) is 16.0 Å². The molecule has 1 fully saturated rings. The van der Waals surface area contributed by atoms with Crippen molar-refractivity contribution in [2.45, 2.75) is 18.6 Å². The van der Waals surface area contributed by atoms with E-state index in [1.54, 1.807) is 6.08 Å². The molecule has 0 bridgehead atoms. The van der Waals surface area contributed by atoms with Crippen molar-refractivity contribution in [2.24, 2.45) is 4.99 Å². The first-order valence-corrected chi connectivity index (χ1v) is 11.1. The molecule has 1 saturated heterocycles. The number of carbonyl (C=O) groups is 2. The molecule has 1 aromatic carbocycles. The second-order valence-electron chi connectivity index (χ2n) is 6.59. The number of aryl methyl sites for hydroxylation is 1. The van der Waals surface area contributed by atoms with Crippen LogP contribution in [-0.2, 0) is 9.59 Å². The summed E-state index contributed by atoms with van der Waals surface area (Å²) in [6, 6.07) is 7.93. The minimum absolute atomic E-state index is 0.105. The van der Waals surface area contributed by atoms with E-state index in [-0.39, 0.29) is 30.0 Å². The molecule has 2 heterocycles. The Bertz CT molecular complexity index is 1050. The molecule has 146 valence electrons. The lowest BCUT2D eigenvalue weighted by Gasteiger charge is -2.14. The Balaban J connectivity index is 1.33. The van der Waals surface area contributed by atoms with Crippen LogP contribution in [0.1, 0.15) is 17.5 Å². The van der Waals surface area contributed by atoms with Crippen molar-refractivity contribution in [3.8, 4) is 0 Å². The minimum Gasteiger partial charge on any atom is -0.305 e. The second-order valence-corrected chi connectivity index (χ2v) is 9.40. The summed E-state index contributed by atoms with van der Waals surface area (Å²) in [6.07, 6.45) is 7.60. The van der Waals surface area contributed by atoms with Crippen LogP contribution in [0.5, 0.6) is 0 Å². The molecule has 1 atom stereocenters. The average molecular weight is 440 g/mol. The lowest BCUT2D eigenvalue weighted by Crippen LogP contribution is -2.34. The molecule has 1 aliphatic carbocycles. The standard InChI is InChI=1S/C21H17N3O2S3/c1-13-6-8-14(9-7-13)12-17-19(26)24(21(27)29-17)11-10-18(25)23-20-22-15-4-2-3-5-16(15)28-20/h2,4-9,12,16H,10-11H2,1H3,(H,22,23,25)/b17-12-/t16-/m0/s1. The first kappa shape index (κ1) is 19.9. The summed E-state index contributed by atoms with van der Waals surface area (Å²) in [5, 5.41) is 3.49. The number of aliphatic imine (C=N–C) groups is 1. The van der Waals surface area contributed by atoms with E-state index < -0.39 is 0 Å².